The SMILES string of the molecule is CCC(C)(C)C(C)N(C)CC(C)C. The van der Waals surface area contributed by atoms with Gasteiger partial charge in [-0.15, -0.1) is 0 Å². The zero-order valence-corrected chi connectivity index (χ0v) is 10.5. The maximum absolute atomic E-state index is 2.48. The van der Waals surface area contributed by atoms with E-state index in [9.17, 15) is 0 Å². The van der Waals surface area contributed by atoms with Gasteiger partial charge >= 0.3 is 0 Å². The van der Waals surface area contributed by atoms with E-state index in [1.807, 2.05) is 0 Å². The topological polar surface area (TPSA) is 3.24 Å². The normalized spacial score (nSPS) is 15.5. The van der Waals surface area contributed by atoms with Gasteiger partial charge < -0.3 is 4.90 Å². The van der Waals surface area contributed by atoms with Gasteiger partial charge in [0.05, 0.1) is 0 Å². The van der Waals surface area contributed by atoms with Gasteiger partial charge in [-0.2, -0.15) is 0 Å². The first-order valence-electron chi connectivity index (χ1n) is 5.51. The number of rotatable bonds is 5. The van der Waals surface area contributed by atoms with Crippen molar-refractivity contribution in [3.8, 4) is 0 Å². The van der Waals surface area contributed by atoms with Crippen molar-refractivity contribution in [1.82, 2.24) is 4.90 Å². The second-order valence-electron chi connectivity index (χ2n) is 5.35. The summed E-state index contributed by atoms with van der Waals surface area (Å²) < 4.78 is 0. The highest BCUT2D eigenvalue weighted by Crippen LogP contribution is 2.28. The minimum Gasteiger partial charge on any atom is -0.303 e. The van der Waals surface area contributed by atoms with Crippen LogP contribution in [0.2, 0.25) is 0 Å². The van der Waals surface area contributed by atoms with Gasteiger partial charge in [-0.3, -0.25) is 0 Å². The van der Waals surface area contributed by atoms with Crippen LogP contribution in [0.1, 0.15) is 48.0 Å². The summed E-state index contributed by atoms with van der Waals surface area (Å²) in [4.78, 5) is 2.48. The Morgan fingerprint density at radius 3 is 1.92 bits per heavy atom. The van der Waals surface area contributed by atoms with Crippen LogP contribution >= 0.6 is 0 Å². The summed E-state index contributed by atoms with van der Waals surface area (Å²) in [5.74, 6) is 0.764. The highest BCUT2D eigenvalue weighted by atomic mass is 15.1. The minimum absolute atomic E-state index is 0.434. The summed E-state index contributed by atoms with van der Waals surface area (Å²) in [5, 5.41) is 0. The Bertz CT molecular complexity index is 138. The monoisotopic (exact) mass is 185 g/mol. The Hall–Kier alpha value is -0.0400. The van der Waals surface area contributed by atoms with Gasteiger partial charge in [0.2, 0.25) is 0 Å². The van der Waals surface area contributed by atoms with Crippen molar-refractivity contribution in [2.75, 3.05) is 13.6 Å². The van der Waals surface area contributed by atoms with E-state index in [-0.39, 0.29) is 0 Å². The van der Waals surface area contributed by atoms with Crippen LogP contribution in [-0.4, -0.2) is 24.5 Å². The lowest BCUT2D eigenvalue weighted by molar-refractivity contribution is 0.111. The van der Waals surface area contributed by atoms with Crippen LogP contribution in [0.15, 0.2) is 0 Å². The lowest BCUT2D eigenvalue weighted by Crippen LogP contribution is -2.42. The van der Waals surface area contributed by atoms with Crippen LogP contribution in [0.5, 0.6) is 0 Å². The molecule has 0 N–H and O–H groups in total. The molecule has 0 fully saturated rings. The molecule has 0 aliphatic rings. The minimum atomic E-state index is 0.434. The summed E-state index contributed by atoms with van der Waals surface area (Å²) in [5.41, 5.74) is 0.434. The lowest BCUT2D eigenvalue weighted by Gasteiger charge is -2.38. The van der Waals surface area contributed by atoms with Gasteiger partial charge in [0.15, 0.2) is 0 Å². The first kappa shape index (κ1) is 13.0. The molecule has 0 aliphatic carbocycles. The molecule has 0 rings (SSSR count). The van der Waals surface area contributed by atoms with E-state index >= 15 is 0 Å². The summed E-state index contributed by atoms with van der Waals surface area (Å²) in [7, 11) is 2.24. The van der Waals surface area contributed by atoms with Gasteiger partial charge in [-0.25, -0.2) is 0 Å². The summed E-state index contributed by atoms with van der Waals surface area (Å²) in [6.45, 7) is 15.1. The van der Waals surface area contributed by atoms with Crippen molar-refractivity contribution in [3.05, 3.63) is 0 Å². The highest BCUT2D eigenvalue weighted by molar-refractivity contribution is 4.80. The molecule has 0 aromatic carbocycles. The van der Waals surface area contributed by atoms with Crippen LogP contribution in [0.4, 0.5) is 0 Å². The van der Waals surface area contributed by atoms with Crippen LogP contribution in [0, 0.1) is 11.3 Å². The molecule has 0 aliphatic heterocycles. The molecule has 80 valence electrons. The predicted molar refractivity (Wildman–Crippen MR) is 61.0 cm³/mol. The van der Waals surface area contributed by atoms with Crippen molar-refractivity contribution in [1.29, 1.82) is 0 Å². The summed E-state index contributed by atoms with van der Waals surface area (Å²) in [6, 6.07) is 0.667. The molecule has 13 heavy (non-hydrogen) atoms. The Kier molecular flexibility index (Phi) is 4.98. The first-order valence-corrected chi connectivity index (χ1v) is 5.51. The maximum atomic E-state index is 2.48. The fraction of sp³-hybridized carbons (Fsp3) is 1.00. The Morgan fingerprint density at radius 1 is 1.15 bits per heavy atom. The lowest BCUT2D eigenvalue weighted by atomic mass is 9.82. The standard InChI is InChI=1S/C12H27N/c1-8-12(5,6)11(4)13(7)9-10(2)3/h10-11H,8-9H2,1-7H3. The van der Waals surface area contributed by atoms with E-state index in [4.69, 9.17) is 0 Å². The zero-order chi connectivity index (χ0) is 10.6. The molecule has 0 amide bonds. The number of nitrogens with zero attached hydrogens (tertiary/aromatic N) is 1. The largest absolute Gasteiger partial charge is 0.303 e. The Balaban J connectivity index is 4.16. The molecule has 1 unspecified atom stereocenters. The van der Waals surface area contributed by atoms with Crippen LogP contribution < -0.4 is 0 Å². The van der Waals surface area contributed by atoms with Crippen molar-refractivity contribution < 1.29 is 0 Å². The van der Waals surface area contributed by atoms with E-state index in [1.54, 1.807) is 0 Å². The molecule has 0 spiro atoms. The summed E-state index contributed by atoms with van der Waals surface area (Å²) in [6.07, 6.45) is 1.25. The molecule has 1 nitrogen and oxygen atoms in total. The van der Waals surface area contributed by atoms with E-state index in [2.05, 4.69) is 53.5 Å². The Labute approximate surface area is 84.5 Å². The van der Waals surface area contributed by atoms with Gasteiger partial charge in [0, 0.05) is 12.6 Å². The molecular formula is C12H27N. The van der Waals surface area contributed by atoms with E-state index in [1.165, 1.54) is 13.0 Å². The third kappa shape index (κ3) is 4.12. The van der Waals surface area contributed by atoms with Crippen LogP contribution in [-0.2, 0) is 0 Å². The molecule has 0 saturated heterocycles. The first-order chi connectivity index (χ1) is 5.81. The Morgan fingerprint density at radius 2 is 1.62 bits per heavy atom. The highest BCUT2D eigenvalue weighted by Gasteiger charge is 2.26. The smallest absolute Gasteiger partial charge is 0.0115 e. The predicted octanol–water partition coefficient (Wildman–Crippen LogP) is 3.40. The molecule has 0 aromatic rings. The molecule has 0 aromatic heterocycles. The molecule has 1 heteroatoms. The maximum Gasteiger partial charge on any atom is 0.0115 e. The molecule has 1 atom stereocenters. The van der Waals surface area contributed by atoms with Crippen molar-refractivity contribution in [3.63, 3.8) is 0 Å². The van der Waals surface area contributed by atoms with E-state index in [0.29, 0.717) is 11.5 Å². The number of hydrogen-bond acceptors (Lipinski definition) is 1. The average Bonchev–Trinajstić information content (AvgIpc) is 2.01. The van der Waals surface area contributed by atoms with Gasteiger partial charge in [0.25, 0.3) is 0 Å². The van der Waals surface area contributed by atoms with Crippen molar-refractivity contribution in [2.24, 2.45) is 11.3 Å². The van der Waals surface area contributed by atoms with Gasteiger partial charge in [0.1, 0.15) is 0 Å². The van der Waals surface area contributed by atoms with Crippen molar-refractivity contribution in [2.45, 2.75) is 54.0 Å². The molecule has 0 saturated carbocycles. The third-order valence-corrected chi connectivity index (χ3v) is 3.36. The van der Waals surface area contributed by atoms with Crippen LogP contribution in [0.3, 0.4) is 0 Å². The second-order valence-corrected chi connectivity index (χ2v) is 5.35. The fourth-order valence-electron chi connectivity index (χ4n) is 1.63. The summed E-state index contributed by atoms with van der Waals surface area (Å²) >= 11 is 0. The average molecular weight is 185 g/mol. The van der Waals surface area contributed by atoms with Crippen LogP contribution in [0.25, 0.3) is 0 Å². The van der Waals surface area contributed by atoms with Gasteiger partial charge in [-0.05, 0) is 31.7 Å². The molecular weight excluding hydrogens is 158 g/mol. The number of hydrogen-bond donors (Lipinski definition) is 0. The van der Waals surface area contributed by atoms with E-state index in [0.717, 1.165) is 5.92 Å². The van der Waals surface area contributed by atoms with E-state index < -0.39 is 0 Å². The van der Waals surface area contributed by atoms with Gasteiger partial charge in [-0.1, -0.05) is 34.6 Å². The quantitative estimate of drug-likeness (QED) is 0.634. The molecule has 0 heterocycles. The molecule has 0 radical (unpaired) electrons. The second kappa shape index (κ2) is 4.99. The fourth-order valence-corrected chi connectivity index (χ4v) is 1.63. The van der Waals surface area contributed by atoms with Crippen molar-refractivity contribution >= 4 is 0 Å². The zero-order valence-electron chi connectivity index (χ0n) is 10.5. The molecule has 0 bridgehead atoms. The third-order valence-electron chi connectivity index (χ3n) is 3.36.